The monoisotopic (exact) mass is 299 g/mol. The maximum absolute atomic E-state index is 12.2. The van der Waals surface area contributed by atoms with Crippen LogP contribution in [0.15, 0.2) is 48.5 Å². The molecule has 0 bridgehead atoms. The Morgan fingerprint density at radius 3 is 2.29 bits per heavy atom. The summed E-state index contributed by atoms with van der Waals surface area (Å²) in [6.45, 7) is 0. The fraction of sp³-hybridized carbons (Fsp3) is 0.125. The van der Waals surface area contributed by atoms with Crippen LogP contribution in [0.5, 0.6) is 0 Å². The lowest BCUT2D eigenvalue weighted by atomic mass is 10.1. The lowest BCUT2D eigenvalue weighted by molar-refractivity contribution is 0.102. The minimum atomic E-state index is -0.166. The molecule has 5 heteroatoms. The van der Waals surface area contributed by atoms with E-state index in [-0.39, 0.29) is 5.91 Å². The molecule has 2 aromatic carbocycles. The zero-order valence-electron chi connectivity index (χ0n) is 12.0. The molecule has 0 radical (unpaired) electrons. The predicted molar refractivity (Wildman–Crippen MR) is 91.1 cm³/mol. The first-order chi connectivity index (χ1) is 9.97. The molecule has 0 aliphatic heterocycles. The van der Waals surface area contributed by atoms with Crippen LogP contribution in [0.25, 0.3) is 0 Å². The van der Waals surface area contributed by atoms with Crippen LogP contribution in [-0.4, -0.2) is 25.0 Å². The summed E-state index contributed by atoms with van der Waals surface area (Å²) in [5.41, 5.74) is 8.62. The molecule has 21 heavy (non-hydrogen) atoms. The number of nitrogens with one attached hydrogen (secondary N) is 1. The molecule has 0 fully saturated rings. The van der Waals surface area contributed by atoms with Crippen molar-refractivity contribution in [2.24, 2.45) is 5.73 Å². The summed E-state index contributed by atoms with van der Waals surface area (Å²) < 4.78 is 0. The Kier molecular flexibility index (Phi) is 4.55. The highest BCUT2D eigenvalue weighted by Gasteiger charge is 2.07. The van der Waals surface area contributed by atoms with Crippen molar-refractivity contribution in [2.45, 2.75) is 0 Å². The van der Waals surface area contributed by atoms with Gasteiger partial charge in [-0.05, 0) is 30.3 Å². The molecule has 0 aliphatic carbocycles. The fourth-order valence-electron chi connectivity index (χ4n) is 1.85. The Bertz CT molecular complexity index is 665. The first kappa shape index (κ1) is 15.0. The van der Waals surface area contributed by atoms with E-state index in [2.05, 4.69) is 5.32 Å². The molecule has 0 aliphatic rings. The van der Waals surface area contributed by atoms with Gasteiger partial charge >= 0.3 is 0 Å². The van der Waals surface area contributed by atoms with E-state index in [9.17, 15) is 4.79 Å². The van der Waals surface area contributed by atoms with Crippen molar-refractivity contribution in [2.75, 3.05) is 24.3 Å². The van der Waals surface area contributed by atoms with Crippen LogP contribution in [0.4, 0.5) is 11.4 Å². The Morgan fingerprint density at radius 2 is 1.71 bits per heavy atom. The number of benzene rings is 2. The number of amides is 1. The van der Waals surface area contributed by atoms with Gasteiger partial charge in [0, 0.05) is 36.6 Å². The van der Waals surface area contributed by atoms with Gasteiger partial charge in [-0.2, -0.15) is 0 Å². The smallest absolute Gasteiger partial charge is 0.255 e. The van der Waals surface area contributed by atoms with Gasteiger partial charge in [0.2, 0.25) is 0 Å². The van der Waals surface area contributed by atoms with Crippen LogP contribution in [0.2, 0.25) is 0 Å². The standard InChI is InChI=1S/C16H17N3OS/c1-19(2)14-5-3-4-13(10-14)18-16(20)12-8-6-11(7-9-12)15(17)21/h3-10H,1-2H3,(H2,17,21)(H,18,20). The number of thiocarbonyl (C=S) groups is 1. The highest BCUT2D eigenvalue weighted by molar-refractivity contribution is 7.80. The van der Waals surface area contributed by atoms with Gasteiger partial charge in [-0.15, -0.1) is 0 Å². The van der Waals surface area contributed by atoms with Crippen LogP contribution >= 0.6 is 12.2 Å². The second kappa shape index (κ2) is 6.37. The van der Waals surface area contributed by atoms with Crippen molar-refractivity contribution in [1.82, 2.24) is 0 Å². The van der Waals surface area contributed by atoms with E-state index < -0.39 is 0 Å². The Balaban J connectivity index is 2.14. The number of carbonyl (C=O) groups excluding carboxylic acids is 1. The van der Waals surface area contributed by atoms with Gasteiger partial charge < -0.3 is 16.0 Å². The molecule has 2 rings (SSSR count). The van der Waals surface area contributed by atoms with Crippen LogP contribution < -0.4 is 16.0 Å². The van der Waals surface area contributed by atoms with E-state index in [1.54, 1.807) is 24.3 Å². The van der Waals surface area contributed by atoms with Crippen molar-refractivity contribution in [1.29, 1.82) is 0 Å². The minimum absolute atomic E-state index is 0.166. The molecule has 0 heterocycles. The molecule has 4 nitrogen and oxygen atoms in total. The highest BCUT2D eigenvalue weighted by Crippen LogP contribution is 2.18. The minimum Gasteiger partial charge on any atom is -0.389 e. The lowest BCUT2D eigenvalue weighted by Crippen LogP contribution is -2.14. The first-order valence-corrected chi connectivity index (χ1v) is 6.87. The number of rotatable bonds is 4. The number of anilines is 2. The van der Waals surface area contributed by atoms with Gasteiger partial charge in [-0.1, -0.05) is 30.4 Å². The van der Waals surface area contributed by atoms with Gasteiger partial charge in [0.25, 0.3) is 5.91 Å². The average Bonchev–Trinajstić information content (AvgIpc) is 2.47. The third-order valence-electron chi connectivity index (χ3n) is 3.05. The van der Waals surface area contributed by atoms with Crippen LogP contribution in [0.3, 0.4) is 0 Å². The fourth-order valence-corrected chi connectivity index (χ4v) is 1.99. The zero-order chi connectivity index (χ0) is 15.4. The molecule has 0 saturated heterocycles. The SMILES string of the molecule is CN(C)c1cccc(NC(=O)c2ccc(C(N)=S)cc2)c1. The van der Waals surface area contributed by atoms with E-state index in [0.717, 1.165) is 16.9 Å². The summed E-state index contributed by atoms with van der Waals surface area (Å²) >= 11 is 4.89. The summed E-state index contributed by atoms with van der Waals surface area (Å²) in [6, 6.07) is 14.6. The lowest BCUT2D eigenvalue weighted by Gasteiger charge is -2.14. The second-order valence-corrected chi connectivity index (χ2v) is 5.28. The van der Waals surface area contributed by atoms with Crippen molar-refractivity contribution in [3.05, 3.63) is 59.7 Å². The molecule has 0 aromatic heterocycles. The van der Waals surface area contributed by atoms with Crippen molar-refractivity contribution >= 4 is 34.5 Å². The molecule has 0 unspecified atom stereocenters. The molecule has 0 saturated carbocycles. The number of nitrogens with two attached hydrogens (primary N) is 1. The first-order valence-electron chi connectivity index (χ1n) is 6.46. The molecule has 0 spiro atoms. The molecular formula is C16H17N3OS. The highest BCUT2D eigenvalue weighted by atomic mass is 32.1. The second-order valence-electron chi connectivity index (χ2n) is 4.84. The maximum atomic E-state index is 12.2. The van der Waals surface area contributed by atoms with E-state index >= 15 is 0 Å². The number of carbonyl (C=O) groups is 1. The normalized spacial score (nSPS) is 10.0. The summed E-state index contributed by atoms with van der Waals surface area (Å²) in [5.74, 6) is -0.166. The van der Waals surface area contributed by atoms with Gasteiger partial charge in [-0.3, -0.25) is 4.79 Å². The van der Waals surface area contributed by atoms with E-state index in [1.807, 2.05) is 43.3 Å². The van der Waals surface area contributed by atoms with Crippen LogP contribution in [0.1, 0.15) is 15.9 Å². The topological polar surface area (TPSA) is 58.4 Å². The quantitative estimate of drug-likeness (QED) is 0.852. The summed E-state index contributed by atoms with van der Waals surface area (Å²) in [6.07, 6.45) is 0. The van der Waals surface area contributed by atoms with E-state index in [0.29, 0.717) is 10.6 Å². The van der Waals surface area contributed by atoms with E-state index in [1.165, 1.54) is 0 Å². The molecule has 108 valence electrons. The molecule has 2 aromatic rings. The molecular weight excluding hydrogens is 282 g/mol. The van der Waals surface area contributed by atoms with E-state index in [4.69, 9.17) is 18.0 Å². The number of hydrogen-bond donors (Lipinski definition) is 2. The largest absolute Gasteiger partial charge is 0.389 e. The predicted octanol–water partition coefficient (Wildman–Crippen LogP) is 2.64. The Hall–Kier alpha value is -2.40. The average molecular weight is 299 g/mol. The van der Waals surface area contributed by atoms with Crippen molar-refractivity contribution < 1.29 is 4.79 Å². The number of hydrogen-bond acceptors (Lipinski definition) is 3. The molecule has 3 N–H and O–H groups in total. The number of nitrogens with zero attached hydrogens (tertiary/aromatic N) is 1. The Morgan fingerprint density at radius 1 is 1.10 bits per heavy atom. The zero-order valence-corrected chi connectivity index (χ0v) is 12.8. The van der Waals surface area contributed by atoms with Crippen LogP contribution in [-0.2, 0) is 0 Å². The van der Waals surface area contributed by atoms with Gasteiger partial charge in [0.05, 0.1) is 0 Å². The van der Waals surface area contributed by atoms with Crippen LogP contribution in [0, 0.1) is 0 Å². The van der Waals surface area contributed by atoms with Gasteiger partial charge in [0.1, 0.15) is 4.99 Å². The van der Waals surface area contributed by atoms with Crippen molar-refractivity contribution in [3.8, 4) is 0 Å². The summed E-state index contributed by atoms with van der Waals surface area (Å²) in [5, 5.41) is 2.87. The summed E-state index contributed by atoms with van der Waals surface area (Å²) in [7, 11) is 3.91. The molecule has 1 amide bonds. The maximum Gasteiger partial charge on any atom is 0.255 e. The molecule has 0 atom stereocenters. The third-order valence-corrected chi connectivity index (χ3v) is 3.29. The summed E-state index contributed by atoms with van der Waals surface area (Å²) in [4.78, 5) is 14.5. The van der Waals surface area contributed by atoms with Gasteiger partial charge in [-0.25, -0.2) is 0 Å². The Labute approximate surface area is 129 Å². The van der Waals surface area contributed by atoms with Gasteiger partial charge in [0.15, 0.2) is 0 Å². The third kappa shape index (κ3) is 3.79. The van der Waals surface area contributed by atoms with Crippen molar-refractivity contribution in [3.63, 3.8) is 0 Å².